The molecular formula is C18H17F3N2O3. The molecule has 1 saturated heterocycles. The lowest BCUT2D eigenvalue weighted by Crippen LogP contribution is -2.45. The van der Waals surface area contributed by atoms with Gasteiger partial charge >= 0.3 is 6.18 Å². The largest absolute Gasteiger partial charge is 0.459 e. The lowest BCUT2D eigenvalue weighted by atomic mass is 10.1. The molecule has 1 unspecified atom stereocenters. The third kappa shape index (κ3) is 3.89. The molecular weight excluding hydrogens is 349 g/mol. The van der Waals surface area contributed by atoms with Gasteiger partial charge in [-0.15, -0.1) is 0 Å². The highest BCUT2D eigenvalue weighted by Crippen LogP contribution is 2.29. The number of amides is 2. The minimum atomic E-state index is -4.43. The number of furan rings is 1. The number of benzene rings is 1. The van der Waals surface area contributed by atoms with Gasteiger partial charge < -0.3 is 14.6 Å². The maximum Gasteiger partial charge on any atom is 0.416 e. The van der Waals surface area contributed by atoms with Crippen LogP contribution in [0.1, 0.15) is 34.5 Å². The number of hydrogen-bond acceptors (Lipinski definition) is 3. The fraction of sp³-hybridized carbons (Fsp3) is 0.333. The van der Waals surface area contributed by atoms with Crippen LogP contribution in [-0.2, 0) is 17.5 Å². The number of carbonyl (C=O) groups is 2. The normalized spacial score (nSPS) is 17.3. The van der Waals surface area contributed by atoms with Crippen molar-refractivity contribution in [3.8, 4) is 0 Å². The lowest BCUT2D eigenvalue weighted by molar-refractivity contribution is -0.137. The van der Waals surface area contributed by atoms with Crippen molar-refractivity contribution in [2.24, 2.45) is 0 Å². The van der Waals surface area contributed by atoms with E-state index < -0.39 is 17.8 Å². The summed E-state index contributed by atoms with van der Waals surface area (Å²) >= 11 is 0. The van der Waals surface area contributed by atoms with E-state index in [-0.39, 0.29) is 24.1 Å². The van der Waals surface area contributed by atoms with Gasteiger partial charge in [0.25, 0.3) is 5.91 Å². The molecule has 2 heterocycles. The highest BCUT2D eigenvalue weighted by molar-refractivity contribution is 5.95. The van der Waals surface area contributed by atoms with Gasteiger partial charge in [0.2, 0.25) is 5.91 Å². The molecule has 1 fully saturated rings. The molecule has 0 saturated carbocycles. The Morgan fingerprint density at radius 1 is 1.23 bits per heavy atom. The highest BCUT2D eigenvalue weighted by atomic mass is 19.4. The second-order valence-electron chi connectivity index (χ2n) is 6.05. The Balaban J connectivity index is 1.64. The Kier molecular flexibility index (Phi) is 5.01. The third-order valence-corrected chi connectivity index (χ3v) is 4.27. The fourth-order valence-corrected chi connectivity index (χ4v) is 2.99. The summed E-state index contributed by atoms with van der Waals surface area (Å²) in [5, 5.41) is 2.62. The molecule has 5 nitrogen and oxygen atoms in total. The van der Waals surface area contributed by atoms with Crippen molar-refractivity contribution < 1.29 is 27.2 Å². The van der Waals surface area contributed by atoms with E-state index in [1.165, 1.54) is 29.4 Å². The Bertz CT molecular complexity index is 787. The molecule has 1 aromatic carbocycles. The van der Waals surface area contributed by atoms with Gasteiger partial charge in [-0.05, 0) is 42.7 Å². The van der Waals surface area contributed by atoms with Crippen molar-refractivity contribution in [1.82, 2.24) is 10.2 Å². The Morgan fingerprint density at radius 2 is 2.04 bits per heavy atom. The molecule has 1 aromatic heterocycles. The SMILES string of the molecule is O=C(NCc1cccc(C(F)(F)F)c1)C1CCCN1C(=O)c1ccco1. The van der Waals surface area contributed by atoms with Gasteiger partial charge in [0.1, 0.15) is 6.04 Å². The van der Waals surface area contributed by atoms with Crippen molar-refractivity contribution in [3.05, 3.63) is 59.5 Å². The zero-order valence-corrected chi connectivity index (χ0v) is 13.8. The molecule has 138 valence electrons. The average molecular weight is 366 g/mol. The maximum atomic E-state index is 12.7. The molecule has 26 heavy (non-hydrogen) atoms. The first-order chi connectivity index (χ1) is 12.4. The number of nitrogens with one attached hydrogen (secondary N) is 1. The molecule has 8 heteroatoms. The van der Waals surface area contributed by atoms with Crippen LogP contribution in [0.3, 0.4) is 0 Å². The number of hydrogen-bond donors (Lipinski definition) is 1. The number of carbonyl (C=O) groups excluding carboxylic acids is 2. The van der Waals surface area contributed by atoms with Crippen LogP contribution < -0.4 is 5.32 Å². The summed E-state index contributed by atoms with van der Waals surface area (Å²) in [6.45, 7) is 0.392. The first-order valence-electron chi connectivity index (χ1n) is 8.14. The predicted octanol–water partition coefficient (Wildman–Crippen LogP) is 3.22. The molecule has 0 bridgehead atoms. The topological polar surface area (TPSA) is 62.6 Å². The molecule has 1 aliphatic heterocycles. The van der Waals surface area contributed by atoms with E-state index in [0.717, 1.165) is 12.1 Å². The molecule has 0 radical (unpaired) electrons. The van der Waals surface area contributed by atoms with Crippen LogP contribution in [-0.4, -0.2) is 29.3 Å². The standard InChI is InChI=1S/C18H17F3N2O3/c19-18(20,21)13-5-1-4-12(10-13)11-22-16(24)14-6-2-8-23(14)17(25)15-7-3-9-26-15/h1,3-5,7,9-10,14H,2,6,8,11H2,(H,22,24). The summed E-state index contributed by atoms with van der Waals surface area (Å²) in [5.41, 5.74) is -0.421. The quantitative estimate of drug-likeness (QED) is 0.904. The second kappa shape index (κ2) is 7.23. The van der Waals surface area contributed by atoms with Crippen LogP contribution in [0.5, 0.6) is 0 Å². The predicted molar refractivity (Wildman–Crippen MR) is 86.1 cm³/mol. The van der Waals surface area contributed by atoms with Gasteiger partial charge in [-0.3, -0.25) is 9.59 Å². The van der Waals surface area contributed by atoms with Gasteiger partial charge in [0, 0.05) is 13.1 Å². The van der Waals surface area contributed by atoms with Crippen molar-refractivity contribution in [1.29, 1.82) is 0 Å². The fourth-order valence-electron chi connectivity index (χ4n) is 2.99. The van der Waals surface area contributed by atoms with Crippen LogP contribution in [0.15, 0.2) is 47.1 Å². The zero-order valence-electron chi connectivity index (χ0n) is 13.8. The van der Waals surface area contributed by atoms with E-state index in [4.69, 9.17) is 4.42 Å². The number of rotatable bonds is 4. The third-order valence-electron chi connectivity index (χ3n) is 4.27. The molecule has 3 rings (SSSR count). The van der Waals surface area contributed by atoms with Gasteiger partial charge in [0.05, 0.1) is 11.8 Å². The molecule has 0 spiro atoms. The van der Waals surface area contributed by atoms with E-state index in [1.54, 1.807) is 6.07 Å². The van der Waals surface area contributed by atoms with Crippen molar-refractivity contribution in [3.63, 3.8) is 0 Å². The summed E-state index contributed by atoms with van der Waals surface area (Å²) < 4.78 is 43.3. The van der Waals surface area contributed by atoms with E-state index in [9.17, 15) is 22.8 Å². The van der Waals surface area contributed by atoms with Crippen LogP contribution >= 0.6 is 0 Å². The van der Waals surface area contributed by atoms with Gasteiger partial charge in [-0.1, -0.05) is 12.1 Å². The molecule has 1 N–H and O–H groups in total. The van der Waals surface area contributed by atoms with Crippen molar-refractivity contribution in [2.75, 3.05) is 6.54 Å². The van der Waals surface area contributed by atoms with E-state index in [0.29, 0.717) is 24.9 Å². The lowest BCUT2D eigenvalue weighted by Gasteiger charge is -2.23. The number of likely N-dealkylation sites (tertiary alicyclic amines) is 1. The minimum Gasteiger partial charge on any atom is -0.459 e. The molecule has 1 atom stereocenters. The van der Waals surface area contributed by atoms with Crippen molar-refractivity contribution in [2.45, 2.75) is 31.6 Å². The van der Waals surface area contributed by atoms with E-state index in [2.05, 4.69) is 5.32 Å². The summed E-state index contributed by atoms with van der Waals surface area (Å²) in [6.07, 6.45) is -1.88. The zero-order chi connectivity index (χ0) is 18.7. The summed E-state index contributed by atoms with van der Waals surface area (Å²) in [6, 6.07) is 7.25. The average Bonchev–Trinajstić information content (AvgIpc) is 3.30. The Morgan fingerprint density at radius 3 is 2.73 bits per heavy atom. The molecule has 2 aromatic rings. The number of alkyl halides is 3. The molecule has 0 aliphatic carbocycles. The van der Waals surface area contributed by atoms with Gasteiger partial charge in [-0.25, -0.2) is 0 Å². The summed E-state index contributed by atoms with van der Waals surface area (Å²) in [4.78, 5) is 26.2. The van der Waals surface area contributed by atoms with Gasteiger partial charge in [-0.2, -0.15) is 13.2 Å². The highest BCUT2D eigenvalue weighted by Gasteiger charge is 2.35. The van der Waals surface area contributed by atoms with Gasteiger partial charge in [0.15, 0.2) is 5.76 Å². The Hall–Kier alpha value is -2.77. The molecule has 1 aliphatic rings. The first-order valence-corrected chi connectivity index (χ1v) is 8.14. The second-order valence-corrected chi connectivity index (χ2v) is 6.05. The van der Waals surface area contributed by atoms with Crippen LogP contribution in [0, 0.1) is 0 Å². The monoisotopic (exact) mass is 366 g/mol. The minimum absolute atomic E-state index is 0.0396. The van der Waals surface area contributed by atoms with Crippen molar-refractivity contribution >= 4 is 11.8 Å². The number of nitrogens with zero attached hydrogens (tertiary/aromatic N) is 1. The van der Waals surface area contributed by atoms with E-state index >= 15 is 0 Å². The summed E-state index contributed by atoms with van der Waals surface area (Å²) in [7, 11) is 0. The van der Waals surface area contributed by atoms with E-state index in [1.807, 2.05) is 0 Å². The maximum absolute atomic E-state index is 12.7. The summed E-state index contributed by atoms with van der Waals surface area (Å²) in [5.74, 6) is -0.603. The molecule has 2 amide bonds. The van der Waals surface area contributed by atoms with Crippen LogP contribution in [0.4, 0.5) is 13.2 Å². The van der Waals surface area contributed by atoms with Crippen LogP contribution in [0.2, 0.25) is 0 Å². The Labute approximate surface area is 147 Å². The first kappa shape index (κ1) is 18.0. The number of halogens is 3. The van der Waals surface area contributed by atoms with Crippen LogP contribution in [0.25, 0.3) is 0 Å². The smallest absolute Gasteiger partial charge is 0.416 e.